The fourth-order valence-corrected chi connectivity index (χ4v) is 3.77. The van der Waals surface area contributed by atoms with Crippen LogP contribution in [0.15, 0.2) is 71.6 Å². The average Bonchev–Trinajstić information content (AvgIpc) is 2.81. The van der Waals surface area contributed by atoms with E-state index in [9.17, 15) is 28.7 Å². The summed E-state index contributed by atoms with van der Waals surface area (Å²) >= 11 is 1.28. The van der Waals surface area contributed by atoms with E-state index < -0.39 is 34.5 Å². The van der Waals surface area contributed by atoms with Gasteiger partial charge in [0.25, 0.3) is 5.91 Å². The minimum Gasteiger partial charge on any atom is -0.478 e. The molecule has 0 spiro atoms. The summed E-state index contributed by atoms with van der Waals surface area (Å²) in [5.74, 6) is -4.10. The summed E-state index contributed by atoms with van der Waals surface area (Å²) in [5, 5.41) is 23.2. The summed E-state index contributed by atoms with van der Waals surface area (Å²) in [7, 11) is 0. The number of carbonyl (C=O) groups excluding carboxylic acids is 2. The number of halogens is 1. The standard InChI is InChI=1S/C24H19FN2O6S/c1-13(21(28)26-16-5-3-15(25)4-6-16)34-18-9-7-17(8-10-18)27-22(29)19-11-2-14(23(30)31)12-20(19)24(32)33/h2-13H,1H3,(H,26,28)(H,27,29)(H,30,31)(H,32,33). The Morgan fingerprint density at radius 1 is 0.794 bits per heavy atom. The molecular weight excluding hydrogens is 463 g/mol. The fourth-order valence-electron chi connectivity index (χ4n) is 2.90. The van der Waals surface area contributed by atoms with Crippen molar-refractivity contribution in [2.24, 2.45) is 0 Å². The van der Waals surface area contributed by atoms with E-state index in [-0.39, 0.29) is 17.0 Å². The monoisotopic (exact) mass is 482 g/mol. The first-order valence-electron chi connectivity index (χ1n) is 9.89. The van der Waals surface area contributed by atoms with Crippen molar-refractivity contribution >= 4 is 46.9 Å². The molecule has 174 valence electrons. The quantitative estimate of drug-likeness (QED) is 0.345. The summed E-state index contributed by atoms with van der Waals surface area (Å²) in [6.45, 7) is 1.72. The summed E-state index contributed by atoms with van der Waals surface area (Å²) in [5.41, 5.74) is 0.0194. The molecule has 0 heterocycles. The van der Waals surface area contributed by atoms with Crippen molar-refractivity contribution in [1.29, 1.82) is 0 Å². The van der Waals surface area contributed by atoms with Gasteiger partial charge in [-0.1, -0.05) is 0 Å². The topological polar surface area (TPSA) is 133 Å². The molecular formula is C24H19FN2O6S. The summed E-state index contributed by atoms with van der Waals surface area (Å²) in [6.07, 6.45) is 0. The van der Waals surface area contributed by atoms with Crippen LogP contribution in [-0.4, -0.2) is 39.2 Å². The Hall–Kier alpha value is -4.18. The number of benzene rings is 3. The highest BCUT2D eigenvalue weighted by molar-refractivity contribution is 8.00. The van der Waals surface area contributed by atoms with Crippen LogP contribution in [0, 0.1) is 5.82 Å². The molecule has 0 bridgehead atoms. The van der Waals surface area contributed by atoms with Gasteiger partial charge in [0, 0.05) is 16.3 Å². The second kappa shape index (κ2) is 10.6. The van der Waals surface area contributed by atoms with Gasteiger partial charge in [0.15, 0.2) is 0 Å². The molecule has 0 aromatic heterocycles. The van der Waals surface area contributed by atoms with Gasteiger partial charge in [-0.05, 0) is 73.7 Å². The molecule has 0 aliphatic heterocycles. The molecule has 0 saturated carbocycles. The third-order valence-electron chi connectivity index (χ3n) is 4.65. The third kappa shape index (κ3) is 6.20. The predicted molar refractivity (Wildman–Crippen MR) is 125 cm³/mol. The summed E-state index contributed by atoms with van der Waals surface area (Å²) < 4.78 is 13.0. The Balaban J connectivity index is 1.64. The molecule has 2 amide bonds. The lowest BCUT2D eigenvalue weighted by atomic mass is 10.0. The maximum absolute atomic E-state index is 13.0. The lowest BCUT2D eigenvalue weighted by Gasteiger charge is -2.13. The SMILES string of the molecule is CC(Sc1ccc(NC(=O)c2ccc(C(=O)O)cc2C(=O)O)cc1)C(=O)Nc1ccc(F)cc1. The van der Waals surface area contributed by atoms with Crippen LogP contribution in [0.1, 0.15) is 38.0 Å². The molecule has 0 aliphatic rings. The number of carboxylic acid groups (broad SMARTS) is 2. The Morgan fingerprint density at radius 2 is 1.38 bits per heavy atom. The number of hydrogen-bond donors (Lipinski definition) is 4. The van der Waals surface area contributed by atoms with Gasteiger partial charge in [-0.2, -0.15) is 0 Å². The number of aromatic carboxylic acids is 2. The van der Waals surface area contributed by atoms with Crippen LogP contribution >= 0.6 is 11.8 Å². The van der Waals surface area contributed by atoms with Gasteiger partial charge >= 0.3 is 11.9 Å². The molecule has 1 unspecified atom stereocenters. The molecule has 3 aromatic rings. The van der Waals surface area contributed by atoms with Crippen molar-refractivity contribution in [3.8, 4) is 0 Å². The molecule has 3 aromatic carbocycles. The number of carboxylic acids is 2. The largest absolute Gasteiger partial charge is 0.478 e. The van der Waals surface area contributed by atoms with E-state index >= 15 is 0 Å². The molecule has 0 fully saturated rings. The number of anilines is 2. The van der Waals surface area contributed by atoms with Gasteiger partial charge < -0.3 is 20.8 Å². The predicted octanol–water partition coefficient (Wildman–Crippen LogP) is 4.59. The molecule has 34 heavy (non-hydrogen) atoms. The highest BCUT2D eigenvalue weighted by Crippen LogP contribution is 2.26. The van der Waals surface area contributed by atoms with Crippen LogP contribution < -0.4 is 10.6 Å². The molecule has 1 atom stereocenters. The van der Waals surface area contributed by atoms with Gasteiger partial charge in [0.2, 0.25) is 5.91 Å². The van der Waals surface area contributed by atoms with Gasteiger partial charge in [-0.3, -0.25) is 9.59 Å². The minimum absolute atomic E-state index is 0.179. The van der Waals surface area contributed by atoms with Gasteiger partial charge in [0.1, 0.15) is 5.82 Å². The number of nitrogens with one attached hydrogen (secondary N) is 2. The summed E-state index contributed by atoms with van der Waals surface area (Å²) in [4.78, 5) is 48.2. The van der Waals surface area contributed by atoms with E-state index in [1.54, 1.807) is 31.2 Å². The van der Waals surface area contributed by atoms with Crippen molar-refractivity contribution in [2.75, 3.05) is 10.6 Å². The first kappa shape index (κ1) is 24.5. The van der Waals surface area contributed by atoms with Crippen LogP contribution in [0.25, 0.3) is 0 Å². The third-order valence-corrected chi connectivity index (χ3v) is 5.76. The maximum atomic E-state index is 13.0. The number of rotatable bonds is 8. The van der Waals surface area contributed by atoms with Crippen molar-refractivity contribution < 1.29 is 33.8 Å². The Kier molecular flexibility index (Phi) is 7.64. The van der Waals surface area contributed by atoms with Crippen molar-refractivity contribution in [2.45, 2.75) is 17.1 Å². The first-order valence-corrected chi connectivity index (χ1v) is 10.8. The van der Waals surface area contributed by atoms with Crippen LogP contribution in [0.4, 0.5) is 15.8 Å². The number of amides is 2. The zero-order chi connectivity index (χ0) is 24.8. The van der Waals surface area contributed by atoms with E-state index in [2.05, 4.69) is 10.6 Å². The highest BCUT2D eigenvalue weighted by Gasteiger charge is 2.19. The smallest absolute Gasteiger partial charge is 0.336 e. The van der Waals surface area contributed by atoms with E-state index in [1.165, 1.54) is 36.0 Å². The zero-order valence-electron chi connectivity index (χ0n) is 17.7. The summed E-state index contributed by atoms with van der Waals surface area (Å²) in [6, 6.07) is 15.2. The average molecular weight is 482 g/mol. The molecule has 0 radical (unpaired) electrons. The van der Waals surface area contributed by atoms with Crippen LogP contribution in [0.3, 0.4) is 0 Å². The normalized spacial score (nSPS) is 11.4. The van der Waals surface area contributed by atoms with E-state index in [1.807, 2.05) is 0 Å². The van der Waals surface area contributed by atoms with Crippen molar-refractivity contribution in [3.63, 3.8) is 0 Å². The number of hydrogen-bond acceptors (Lipinski definition) is 5. The molecule has 0 aliphatic carbocycles. The van der Waals surface area contributed by atoms with Crippen molar-refractivity contribution in [3.05, 3.63) is 89.2 Å². The Labute approximate surface area is 197 Å². The Bertz CT molecular complexity index is 1250. The highest BCUT2D eigenvalue weighted by atomic mass is 32.2. The van der Waals surface area contributed by atoms with E-state index in [0.717, 1.165) is 23.1 Å². The zero-order valence-corrected chi connectivity index (χ0v) is 18.6. The maximum Gasteiger partial charge on any atom is 0.336 e. The second-order valence-electron chi connectivity index (χ2n) is 7.11. The molecule has 0 saturated heterocycles. The minimum atomic E-state index is -1.42. The second-order valence-corrected chi connectivity index (χ2v) is 8.52. The van der Waals surface area contributed by atoms with Crippen LogP contribution in [0.5, 0.6) is 0 Å². The number of carbonyl (C=O) groups is 4. The van der Waals surface area contributed by atoms with Gasteiger partial charge in [-0.15, -0.1) is 11.8 Å². The molecule has 8 nitrogen and oxygen atoms in total. The van der Waals surface area contributed by atoms with E-state index in [4.69, 9.17) is 5.11 Å². The molecule has 3 rings (SSSR count). The van der Waals surface area contributed by atoms with Crippen molar-refractivity contribution in [1.82, 2.24) is 0 Å². The van der Waals surface area contributed by atoms with Gasteiger partial charge in [-0.25, -0.2) is 14.0 Å². The Morgan fingerprint density at radius 3 is 1.97 bits per heavy atom. The van der Waals surface area contributed by atoms with E-state index in [0.29, 0.717) is 11.4 Å². The lowest BCUT2D eigenvalue weighted by Crippen LogP contribution is -2.22. The molecule has 4 N–H and O–H groups in total. The fraction of sp³-hybridized carbons (Fsp3) is 0.0833. The molecule has 10 heteroatoms. The first-order chi connectivity index (χ1) is 16.1. The van der Waals surface area contributed by atoms with Gasteiger partial charge in [0.05, 0.1) is 21.9 Å². The number of thioether (sulfide) groups is 1. The van der Waals surface area contributed by atoms with Crippen LogP contribution in [-0.2, 0) is 4.79 Å². The lowest BCUT2D eigenvalue weighted by molar-refractivity contribution is -0.115. The van der Waals surface area contributed by atoms with Crippen LogP contribution in [0.2, 0.25) is 0 Å².